The van der Waals surface area contributed by atoms with E-state index in [0.717, 1.165) is 13.1 Å². The van der Waals surface area contributed by atoms with Crippen LogP contribution in [0.4, 0.5) is 0 Å². The van der Waals surface area contributed by atoms with E-state index in [1.165, 1.54) is 0 Å². The Morgan fingerprint density at radius 1 is 1.14 bits per heavy atom. The highest BCUT2D eigenvalue weighted by atomic mass is 16.5. The fourth-order valence-corrected chi connectivity index (χ4v) is 3.46. The molecule has 0 aromatic heterocycles. The van der Waals surface area contributed by atoms with Gasteiger partial charge in [-0.3, -0.25) is 14.5 Å². The fourth-order valence-electron chi connectivity index (χ4n) is 3.46. The molecule has 0 spiro atoms. The normalized spacial score (nSPS) is 27.6. The molecule has 2 saturated heterocycles. The average Bonchev–Trinajstić information content (AvgIpc) is 2.43. The largest absolute Gasteiger partial charge is 0.370 e. The lowest BCUT2D eigenvalue weighted by Crippen LogP contribution is -2.60. The number of hydrogen-bond donors (Lipinski definition) is 0. The van der Waals surface area contributed by atoms with E-state index in [4.69, 9.17) is 4.74 Å². The third-order valence-electron chi connectivity index (χ3n) is 4.54. The first-order valence-corrected chi connectivity index (χ1v) is 8.16. The summed E-state index contributed by atoms with van der Waals surface area (Å²) in [5.41, 5.74) is -0.223. The van der Waals surface area contributed by atoms with Gasteiger partial charge in [-0.2, -0.15) is 0 Å². The van der Waals surface area contributed by atoms with Crippen molar-refractivity contribution in [3.63, 3.8) is 0 Å². The van der Waals surface area contributed by atoms with Gasteiger partial charge >= 0.3 is 0 Å². The van der Waals surface area contributed by atoms with Crippen LogP contribution in [-0.2, 0) is 14.3 Å². The molecule has 126 valence electrons. The van der Waals surface area contributed by atoms with Crippen LogP contribution in [0.25, 0.3) is 0 Å². The Morgan fingerprint density at radius 3 is 2.18 bits per heavy atom. The van der Waals surface area contributed by atoms with Crippen molar-refractivity contribution in [3.05, 3.63) is 0 Å². The predicted molar refractivity (Wildman–Crippen MR) is 84.5 cm³/mol. The molecule has 6 heteroatoms. The zero-order valence-corrected chi connectivity index (χ0v) is 14.5. The van der Waals surface area contributed by atoms with Crippen molar-refractivity contribution >= 4 is 11.8 Å². The molecule has 2 unspecified atom stereocenters. The van der Waals surface area contributed by atoms with Crippen LogP contribution in [0.15, 0.2) is 0 Å². The van der Waals surface area contributed by atoms with Crippen LogP contribution in [-0.4, -0.2) is 83.5 Å². The second-order valence-corrected chi connectivity index (χ2v) is 7.12. The number of piperazine rings is 1. The Labute approximate surface area is 133 Å². The lowest BCUT2D eigenvalue weighted by atomic mass is 10.0. The molecule has 22 heavy (non-hydrogen) atoms. The van der Waals surface area contributed by atoms with Crippen LogP contribution < -0.4 is 0 Å². The molecule has 2 atom stereocenters. The molecule has 0 N–H and O–H groups in total. The zero-order chi connectivity index (χ0) is 16.5. The highest BCUT2D eigenvalue weighted by molar-refractivity contribution is 5.82. The fraction of sp³-hybridized carbons (Fsp3) is 0.875. The molecule has 6 nitrogen and oxygen atoms in total. The van der Waals surface area contributed by atoms with Crippen molar-refractivity contribution in [2.75, 3.05) is 39.3 Å². The maximum absolute atomic E-state index is 12.7. The second kappa shape index (κ2) is 6.54. The first-order chi connectivity index (χ1) is 10.2. The Bertz CT molecular complexity index is 430. The molecular formula is C16H29N3O3. The minimum absolute atomic E-state index is 0.0869. The molecular weight excluding hydrogens is 282 g/mol. The third-order valence-corrected chi connectivity index (χ3v) is 4.54. The van der Waals surface area contributed by atoms with Crippen molar-refractivity contribution in [1.82, 2.24) is 14.7 Å². The van der Waals surface area contributed by atoms with E-state index in [1.54, 1.807) is 11.8 Å². The smallest absolute Gasteiger partial charge is 0.239 e. The average molecular weight is 311 g/mol. The maximum atomic E-state index is 12.7. The summed E-state index contributed by atoms with van der Waals surface area (Å²) in [7, 11) is 0. The summed E-state index contributed by atoms with van der Waals surface area (Å²) in [5, 5.41) is 0. The number of morpholine rings is 1. The van der Waals surface area contributed by atoms with E-state index >= 15 is 0 Å². The number of hydrogen-bond acceptors (Lipinski definition) is 4. The molecule has 0 radical (unpaired) electrons. The Kier molecular flexibility index (Phi) is 5.12. The van der Waals surface area contributed by atoms with Gasteiger partial charge in [0.05, 0.1) is 17.7 Å². The van der Waals surface area contributed by atoms with Gasteiger partial charge in [-0.25, -0.2) is 0 Å². The van der Waals surface area contributed by atoms with Gasteiger partial charge in [-0.05, 0) is 27.7 Å². The van der Waals surface area contributed by atoms with E-state index in [9.17, 15) is 9.59 Å². The summed E-state index contributed by atoms with van der Waals surface area (Å²) in [6, 6.07) is -0.144. The SMILES string of the molecule is CC(=O)N1CCN(C(=O)C(C)N2CC(C)OC(C)(C)C2)CC1. The standard InChI is InChI=1S/C16H29N3O3/c1-12-10-19(11-16(4,5)22-12)13(2)15(21)18-8-6-17(7-9-18)14(3)20/h12-13H,6-11H2,1-5H3. The van der Waals surface area contributed by atoms with Crippen LogP contribution in [0.3, 0.4) is 0 Å². The molecule has 2 amide bonds. The van der Waals surface area contributed by atoms with E-state index in [2.05, 4.69) is 25.7 Å². The molecule has 2 fully saturated rings. The number of carbonyl (C=O) groups is 2. The first-order valence-electron chi connectivity index (χ1n) is 8.16. The summed E-state index contributed by atoms with van der Waals surface area (Å²) < 4.78 is 5.91. The Balaban J connectivity index is 1.93. The molecule has 2 heterocycles. The van der Waals surface area contributed by atoms with Crippen molar-refractivity contribution < 1.29 is 14.3 Å². The number of carbonyl (C=O) groups excluding carboxylic acids is 2. The number of amides is 2. The van der Waals surface area contributed by atoms with Crippen molar-refractivity contribution in [3.8, 4) is 0 Å². The summed E-state index contributed by atoms with van der Waals surface area (Å²) in [4.78, 5) is 30.0. The number of ether oxygens (including phenoxy) is 1. The van der Waals surface area contributed by atoms with Gasteiger partial charge in [-0.1, -0.05) is 0 Å². The van der Waals surface area contributed by atoms with E-state index in [1.807, 2.05) is 11.8 Å². The van der Waals surface area contributed by atoms with Crippen molar-refractivity contribution in [2.45, 2.75) is 52.4 Å². The molecule has 0 bridgehead atoms. The van der Waals surface area contributed by atoms with Crippen LogP contribution >= 0.6 is 0 Å². The molecule has 0 aliphatic carbocycles. The molecule has 0 saturated carbocycles. The van der Waals surface area contributed by atoms with Crippen LogP contribution in [0, 0.1) is 0 Å². The minimum atomic E-state index is -0.223. The topological polar surface area (TPSA) is 53.1 Å². The Hall–Kier alpha value is -1.14. The van der Waals surface area contributed by atoms with Gasteiger partial charge in [0.1, 0.15) is 0 Å². The second-order valence-electron chi connectivity index (χ2n) is 7.12. The van der Waals surface area contributed by atoms with Crippen LogP contribution in [0.5, 0.6) is 0 Å². The number of nitrogens with zero attached hydrogens (tertiary/aromatic N) is 3. The summed E-state index contributed by atoms with van der Waals surface area (Å²) in [5.74, 6) is 0.247. The van der Waals surface area contributed by atoms with Crippen LogP contribution in [0.1, 0.15) is 34.6 Å². The maximum Gasteiger partial charge on any atom is 0.239 e. The van der Waals surface area contributed by atoms with Gasteiger partial charge in [0.25, 0.3) is 0 Å². The molecule has 2 rings (SSSR count). The highest BCUT2D eigenvalue weighted by Gasteiger charge is 2.37. The summed E-state index contributed by atoms with van der Waals surface area (Å²) in [6.07, 6.45) is 0.133. The predicted octanol–water partition coefficient (Wildman–Crippen LogP) is 0.565. The highest BCUT2D eigenvalue weighted by Crippen LogP contribution is 2.23. The van der Waals surface area contributed by atoms with Crippen LogP contribution in [0.2, 0.25) is 0 Å². The molecule has 0 aromatic rings. The lowest BCUT2D eigenvalue weighted by Gasteiger charge is -2.45. The van der Waals surface area contributed by atoms with Gasteiger partial charge < -0.3 is 14.5 Å². The van der Waals surface area contributed by atoms with E-state index in [-0.39, 0.29) is 29.6 Å². The summed E-state index contributed by atoms with van der Waals surface area (Å²) in [6.45, 7) is 13.8. The quantitative estimate of drug-likeness (QED) is 0.748. The molecule has 0 aromatic carbocycles. The van der Waals surface area contributed by atoms with Gasteiger partial charge in [0.2, 0.25) is 11.8 Å². The monoisotopic (exact) mass is 311 g/mol. The Morgan fingerprint density at radius 2 is 1.68 bits per heavy atom. The van der Waals surface area contributed by atoms with Crippen molar-refractivity contribution in [1.29, 1.82) is 0 Å². The van der Waals surface area contributed by atoms with Gasteiger partial charge in [0, 0.05) is 46.2 Å². The zero-order valence-electron chi connectivity index (χ0n) is 14.5. The van der Waals surface area contributed by atoms with Gasteiger partial charge in [0.15, 0.2) is 0 Å². The van der Waals surface area contributed by atoms with E-state index < -0.39 is 0 Å². The molecule has 2 aliphatic rings. The number of rotatable bonds is 2. The molecule has 2 aliphatic heterocycles. The minimum Gasteiger partial charge on any atom is -0.370 e. The first kappa shape index (κ1) is 17.2. The lowest BCUT2D eigenvalue weighted by molar-refractivity contribution is -0.156. The van der Waals surface area contributed by atoms with E-state index in [0.29, 0.717) is 26.2 Å². The van der Waals surface area contributed by atoms with Gasteiger partial charge in [-0.15, -0.1) is 0 Å². The van der Waals surface area contributed by atoms with Crippen molar-refractivity contribution in [2.24, 2.45) is 0 Å². The summed E-state index contributed by atoms with van der Waals surface area (Å²) >= 11 is 0. The third kappa shape index (κ3) is 3.98.